The van der Waals surface area contributed by atoms with Crippen LogP contribution in [-0.4, -0.2) is 59.4 Å². The van der Waals surface area contributed by atoms with Crippen LogP contribution in [0.5, 0.6) is 0 Å². The molecule has 2 aromatic carbocycles. The second-order valence-electron chi connectivity index (χ2n) is 7.31. The molecule has 2 amide bonds. The van der Waals surface area contributed by atoms with Gasteiger partial charge in [0.25, 0.3) is 5.91 Å². The van der Waals surface area contributed by atoms with E-state index in [0.29, 0.717) is 43.7 Å². The monoisotopic (exact) mass is 454 g/mol. The van der Waals surface area contributed by atoms with Gasteiger partial charge in [-0.2, -0.15) is 0 Å². The van der Waals surface area contributed by atoms with Crippen LogP contribution in [0.1, 0.15) is 16.1 Å². The van der Waals surface area contributed by atoms with Crippen LogP contribution in [0.2, 0.25) is 0 Å². The van der Waals surface area contributed by atoms with E-state index in [0.717, 1.165) is 5.56 Å². The number of benzene rings is 2. The number of nitrogens with zero attached hydrogens (tertiary/aromatic N) is 3. The van der Waals surface area contributed by atoms with Gasteiger partial charge in [-0.1, -0.05) is 30.3 Å². The first-order valence-corrected chi connectivity index (χ1v) is 11.1. The Morgan fingerprint density at radius 1 is 1.09 bits per heavy atom. The van der Waals surface area contributed by atoms with Crippen molar-refractivity contribution in [2.75, 3.05) is 38.2 Å². The van der Waals surface area contributed by atoms with Gasteiger partial charge in [-0.3, -0.25) is 9.59 Å². The molecule has 32 heavy (non-hydrogen) atoms. The molecule has 1 aromatic heterocycles. The predicted molar refractivity (Wildman–Crippen MR) is 120 cm³/mol. The van der Waals surface area contributed by atoms with Gasteiger partial charge in [0.15, 0.2) is 5.13 Å². The maximum Gasteiger partial charge on any atom is 0.274 e. The van der Waals surface area contributed by atoms with Crippen molar-refractivity contribution in [1.82, 2.24) is 14.8 Å². The fraction of sp³-hybridized carbons (Fsp3) is 0.261. The summed E-state index contributed by atoms with van der Waals surface area (Å²) in [5.41, 5.74) is 1.85. The molecular formula is C23H23FN4O3S. The van der Waals surface area contributed by atoms with E-state index in [9.17, 15) is 14.0 Å². The molecule has 0 unspecified atom stereocenters. The molecule has 0 radical (unpaired) electrons. The molecule has 0 atom stereocenters. The molecule has 1 saturated heterocycles. The van der Waals surface area contributed by atoms with Crippen molar-refractivity contribution >= 4 is 34.0 Å². The van der Waals surface area contributed by atoms with E-state index in [-0.39, 0.29) is 29.9 Å². The Morgan fingerprint density at radius 2 is 1.81 bits per heavy atom. The average molecular weight is 455 g/mol. The van der Waals surface area contributed by atoms with Crippen LogP contribution in [0.25, 0.3) is 0 Å². The van der Waals surface area contributed by atoms with Crippen molar-refractivity contribution in [2.24, 2.45) is 0 Å². The second-order valence-corrected chi connectivity index (χ2v) is 8.17. The third kappa shape index (κ3) is 5.68. The Bertz CT molecular complexity index is 1050. The van der Waals surface area contributed by atoms with Gasteiger partial charge in [0.2, 0.25) is 5.91 Å². The molecular weight excluding hydrogens is 431 g/mol. The summed E-state index contributed by atoms with van der Waals surface area (Å²) in [6, 6.07) is 15.4. The number of nitrogens with one attached hydrogen (secondary N) is 1. The first-order chi connectivity index (χ1) is 15.6. The first-order valence-electron chi connectivity index (χ1n) is 10.3. The summed E-state index contributed by atoms with van der Waals surface area (Å²) in [6.07, 6.45) is 0. The lowest BCUT2D eigenvalue weighted by atomic mass is 10.2. The Hall–Kier alpha value is -3.30. The van der Waals surface area contributed by atoms with Gasteiger partial charge in [0.05, 0.1) is 13.2 Å². The number of rotatable bonds is 7. The zero-order valence-corrected chi connectivity index (χ0v) is 18.2. The van der Waals surface area contributed by atoms with Gasteiger partial charge >= 0.3 is 0 Å². The molecule has 7 nitrogen and oxygen atoms in total. The number of amides is 2. The minimum atomic E-state index is -0.327. The number of halogens is 1. The maximum absolute atomic E-state index is 13.3. The number of hydrogen-bond donors (Lipinski definition) is 1. The summed E-state index contributed by atoms with van der Waals surface area (Å²) in [5, 5.41) is 5.24. The van der Waals surface area contributed by atoms with Crippen LogP contribution >= 0.6 is 11.3 Å². The number of anilines is 2. The molecule has 1 fully saturated rings. The lowest BCUT2D eigenvalue weighted by Gasteiger charge is -2.30. The molecule has 0 spiro atoms. The van der Waals surface area contributed by atoms with Crippen molar-refractivity contribution < 1.29 is 18.7 Å². The zero-order valence-electron chi connectivity index (χ0n) is 17.4. The van der Waals surface area contributed by atoms with Gasteiger partial charge < -0.3 is 19.9 Å². The van der Waals surface area contributed by atoms with Gasteiger partial charge in [0, 0.05) is 30.7 Å². The molecule has 2 heterocycles. The summed E-state index contributed by atoms with van der Waals surface area (Å²) >= 11 is 1.27. The number of thiazole rings is 1. The Morgan fingerprint density at radius 3 is 2.53 bits per heavy atom. The number of aromatic nitrogens is 1. The van der Waals surface area contributed by atoms with E-state index in [1.807, 2.05) is 30.3 Å². The number of morpholine rings is 1. The highest BCUT2D eigenvalue weighted by Gasteiger charge is 2.25. The van der Waals surface area contributed by atoms with Crippen molar-refractivity contribution in [3.05, 3.63) is 77.1 Å². The van der Waals surface area contributed by atoms with Gasteiger partial charge in [-0.15, -0.1) is 11.3 Å². The smallest absolute Gasteiger partial charge is 0.274 e. The van der Waals surface area contributed by atoms with Crippen molar-refractivity contribution in [3.63, 3.8) is 0 Å². The Kier molecular flexibility index (Phi) is 7.08. The summed E-state index contributed by atoms with van der Waals surface area (Å²) < 4.78 is 18.4. The van der Waals surface area contributed by atoms with E-state index in [1.165, 1.54) is 28.4 Å². The fourth-order valence-electron chi connectivity index (χ4n) is 3.33. The van der Waals surface area contributed by atoms with E-state index >= 15 is 0 Å². The Labute approximate surface area is 189 Å². The highest BCUT2D eigenvalue weighted by atomic mass is 32.1. The standard InChI is InChI=1S/C23H23FN4O3S/c24-18-6-8-19(9-7-18)25-23-26-20(16-32-23)22(30)28(14-17-4-2-1-3-5-17)15-21(29)27-10-12-31-13-11-27/h1-9,16H,10-15H2,(H,25,26). The summed E-state index contributed by atoms with van der Waals surface area (Å²) in [7, 11) is 0. The minimum Gasteiger partial charge on any atom is -0.378 e. The number of carbonyl (C=O) groups is 2. The third-order valence-electron chi connectivity index (χ3n) is 5.01. The van der Waals surface area contributed by atoms with Gasteiger partial charge in [-0.05, 0) is 29.8 Å². The minimum absolute atomic E-state index is 0.0357. The maximum atomic E-state index is 13.3. The zero-order chi connectivity index (χ0) is 22.3. The Balaban J connectivity index is 1.49. The summed E-state index contributed by atoms with van der Waals surface area (Å²) in [5.74, 6) is -0.761. The number of carbonyl (C=O) groups excluding carboxylic acids is 2. The van der Waals surface area contributed by atoms with Crippen LogP contribution in [-0.2, 0) is 16.1 Å². The second kappa shape index (κ2) is 10.3. The summed E-state index contributed by atoms with van der Waals surface area (Å²) in [4.78, 5) is 33.7. The van der Waals surface area contributed by atoms with Crippen LogP contribution in [0, 0.1) is 5.82 Å². The van der Waals surface area contributed by atoms with Crippen LogP contribution in [0.15, 0.2) is 60.0 Å². The SMILES string of the molecule is O=C(CN(Cc1ccccc1)C(=O)c1csc(Nc2ccc(F)cc2)n1)N1CCOCC1. The average Bonchev–Trinajstić information content (AvgIpc) is 3.29. The van der Waals surface area contributed by atoms with Gasteiger partial charge in [0.1, 0.15) is 18.1 Å². The quantitative estimate of drug-likeness (QED) is 0.591. The molecule has 0 bridgehead atoms. The van der Waals surface area contributed by atoms with Crippen molar-refractivity contribution in [2.45, 2.75) is 6.54 Å². The van der Waals surface area contributed by atoms with E-state index in [4.69, 9.17) is 4.74 Å². The normalized spacial score (nSPS) is 13.6. The molecule has 9 heteroatoms. The van der Waals surface area contributed by atoms with Crippen molar-refractivity contribution in [1.29, 1.82) is 0 Å². The fourth-order valence-corrected chi connectivity index (χ4v) is 4.03. The largest absolute Gasteiger partial charge is 0.378 e. The van der Waals surface area contributed by atoms with E-state index in [2.05, 4.69) is 10.3 Å². The molecule has 1 N–H and O–H groups in total. The third-order valence-corrected chi connectivity index (χ3v) is 5.77. The molecule has 166 valence electrons. The van der Waals surface area contributed by atoms with E-state index < -0.39 is 0 Å². The molecule has 0 aliphatic carbocycles. The first kappa shape index (κ1) is 21.9. The topological polar surface area (TPSA) is 74.8 Å². The molecule has 1 aliphatic heterocycles. The molecule has 3 aromatic rings. The lowest BCUT2D eigenvalue weighted by molar-refractivity contribution is -0.136. The highest BCUT2D eigenvalue weighted by Crippen LogP contribution is 2.22. The van der Waals surface area contributed by atoms with Crippen LogP contribution in [0.4, 0.5) is 15.2 Å². The lowest BCUT2D eigenvalue weighted by Crippen LogP contribution is -2.47. The van der Waals surface area contributed by atoms with Crippen molar-refractivity contribution in [3.8, 4) is 0 Å². The highest BCUT2D eigenvalue weighted by molar-refractivity contribution is 7.14. The van der Waals surface area contributed by atoms with Crippen LogP contribution < -0.4 is 5.32 Å². The molecule has 0 saturated carbocycles. The number of hydrogen-bond acceptors (Lipinski definition) is 6. The molecule has 4 rings (SSSR count). The predicted octanol–water partition coefficient (Wildman–Crippen LogP) is 3.53. The summed E-state index contributed by atoms with van der Waals surface area (Å²) in [6.45, 7) is 2.31. The van der Waals surface area contributed by atoms with E-state index in [1.54, 1.807) is 22.4 Å². The number of ether oxygens (including phenoxy) is 1. The molecule has 1 aliphatic rings. The van der Waals surface area contributed by atoms with Gasteiger partial charge in [-0.25, -0.2) is 9.37 Å². The van der Waals surface area contributed by atoms with Crippen LogP contribution in [0.3, 0.4) is 0 Å².